The average Bonchev–Trinajstić information content (AvgIpc) is 3.29. The van der Waals surface area contributed by atoms with Crippen molar-refractivity contribution in [2.45, 2.75) is 19.4 Å². The number of hydrogen-bond donors (Lipinski definition) is 2. The number of nitrogens with zero attached hydrogens (tertiary/aromatic N) is 3. The van der Waals surface area contributed by atoms with E-state index in [4.69, 9.17) is 0 Å². The lowest BCUT2D eigenvalue weighted by Gasteiger charge is -2.17. The number of nitrogens with one attached hydrogen (secondary N) is 2. The summed E-state index contributed by atoms with van der Waals surface area (Å²) in [5, 5.41) is 6.23. The van der Waals surface area contributed by atoms with Crippen molar-refractivity contribution in [1.82, 2.24) is 9.97 Å². The summed E-state index contributed by atoms with van der Waals surface area (Å²) >= 11 is 0. The fraction of sp³-hybridized carbons (Fsp3) is 0.227. The van der Waals surface area contributed by atoms with Crippen LogP contribution >= 0.6 is 0 Å². The van der Waals surface area contributed by atoms with Gasteiger partial charge in [-0.1, -0.05) is 0 Å². The van der Waals surface area contributed by atoms with Gasteiger partial charge in [0.05, 0.1) is 0 Å². The first-order valence-electron chi connectivity index (χ1n) is 9.53. The van der Waals surface area contributed by atoms with Crippen molar-refractivity contribution in [3.8, 4) is 0 Å². The molecule has 28 heavy (non-hydrogen) atoms. The molecule has 0 radical (unpaired) electrons. The maximum absolute atomic E-state index is 12.6. The predicted molar refractivity (Wildman–Crippen MR) is 112 cm³/mol. The molecule has 1 aliphatic heterocycles. The van der Waals surface area contributed by atoms with Crippen LogP contribution in [0.2, 0.25) is 0 Å². The molecule has 6 heteroatoms. The van der Waals surface area contributed by atoms with Gasteiger partial charge in [0.1, 0.15) is 5.69 Å². The van der Waals surface area contributed by atoms with Gasteiger partial charge < -0.3 is 15.5 Å². The predicted octanol–water partition coefficient (Wildman–Crippen LogP) is 3.94. The van der Waals surface area contributed by atoms with Gasteiger partial charge in [0.2, 0.25) is 0 Å². The number of anilines is 3. The Bertz CT molecular complexity index is 921. The van der Waals surface area contributed by atoms with Gasteiger partial charge in [-0.15, -0.1) is 0 Å². The lowest BCUT2D eigenvalue weighted by Crippen LogP contribution is -2.17. The number of carbonyl (C=O) groups excluding carboxylic acids is 1. The van der Waals surface area contributed by atoms with Crippen LogP contribution in [0, 0.1) is 0 Å². The molecule has 6 nitrogen and oxygen atoms in total. The molecule has 1 amide bonds. The topological polar surface area (TPSA) is 70.2 Å². The maximum Gasteiger partial charge on any atom is 0.274 e. The molecule has 1 aromatic carbocycles. The summed E-state index contributed by atoms with van der Waals surface area (Å²) in [5.41, 5.74) is 4.32. The molecule has 4 rings (SSSR count). The average molecular weight is 373 g/mol. The Morgan fingerprint density at radius 1 is 0.929 bits per heavy atom. The molecule has 1 aliphatic rings. The standard InChI is InChI=1S/C22H23N5O/c28-22(26-18-3-5-20(6-4-18)27-13-1-2-14-27)21-15-19(9-12-24-21)25-16-17-7-10-23-11-8-17/h3-12,15H,1-2,13-14,16H2,(H,24,25)(H,26,28). The quantitative estimate of drug-likeness (QED) is 0.685. The fourth-order valence-electron chi connectivity index (χ4n) is 3.30. The van der Waals surface area contributed by atoms with Gasteiger partial charge in [0, 0.05) is 55.3 Å². The van der Waals surface area contributed by atoms with Crippen LogP contribution < -0.4 is 15.5 Å². The van der Waals surface area contributed by atoms with Crippen molar-refractivity contribution in [1.29, 1.82) is 0 Å². The van der Waals surface area contributed by atoms with Gasteiger partial charge in [0.25, 0.3) is 5.91 Å². The van der Waals surface area contributed by atoms with E-state index in [1.54, 1.807) is 24.7 Å². The lowest BCUT2D eigenvalue weighted by atomic mass is 10.2. The summed E-state index contributed by atoms with van der Waals surface area (Å²) in [7, 11) is 0. The van der Waals surface area contributed by atoms with E-state index >= 15 is 0 Å². The first-order valence-corrected chi connectivity index (χ1v) is 9.53. The Morgan fingerprint density at radius 2 is 1.68 bits per heavy atom. The highest BCUT2D eigenvalue weighted by molar-refractivity contribution is 6.03. The van der Waals surface area contributed by atoms with Crippen LogP contribution in [0.15, 0.2) is 67.1 Å². The van der Waals surface area contributed by atoms with Gasteiger partial charge in [-0.2, -0.15) is 0 Å². The number of pyridine rings is 2. The van der Waals surface area contributed by atoms with E-state index in [9.17, 15) is 4.79 Å². The van der Waals surface area contributed by atoms with Crippen molar-refractivity contribution in [3.05, 3.63) is 78.4 Å². The van der Waals surface area contributed by atoms with Crippen molar-refractivity contribution in [2.75, 3.05) is 28.6 Å². The second-order valence-electron chi connectivity index (χ2n) is 6.83. The summed E-state index contributed by atoms with van der Waals surface area (Å²) in [6, 6.07) is 15.5. The minimum Gasteiger partial charge on any atom is -0.381 e. The number of hydrogen-bond acceptors (Lipinski definition) is 5. The molecule has 0 atom stereocenters. The van der Waals surface area contributed by atoms with E-state index in [2.05, 4.69) is 37.6 Å². The molecule has 2 aromatic heterocycles. The highest BCUT2D eigenvalue weighted by atomic mass is 16.1. The number of amides is 1. The zero-order chi connectivity index (χ0) is 19.2. The molecular weight excluding hydrogens is 350 g/mol. The fourth-order valence-corrected chi connectivity index (χ4v) is 3.30. The van der Waals surface area contributed by atoms with Gasteiger partial charge >= 0.3 is 0 Å². The zero-order valence-corrected chi connectivity index (χ0v) is 15.6. The van der Waals surface area contributed by atoms with Crippen LogP contribution in [-0.2, 0) is 6.54 Å². The second-order valence-corrected chi connectivity index (χ2v) is 6.83. The third kappa shape index (κ3) is 4.46. The van der Waals surface area contributed by atoms with Crippen molar-refractivity contribution in [2.24, 2.45) is 0 Å². The Labute approximate surface area is 164 Å². The SMILES string of the molecule is O=C(Nc1ccc(N2CCCC2)cc1)c1cc(NCc2ccncc2)ccn1. The van der Waals surface area contributed by atoms with E-state index in [0.717, 1.165) is 30.0 Å². The monoisotopic (exact) mass is 373 g/mol. The molecule has 0 saturated carbocycles. The molecule has 0 spiro atoms. The molecule has 1 saturated heterocycles. The first-order chi connectivity index (χ1) is 13.8. The smallest absolute Gasteiger partial charge is 0.274 e. The molecule has 0 aliphatic carbocycles. The zero-order valence-electron chi connectivity index (χ0n) is 15.6. The summed E-state index contributed by atoms with van der Waals surface area (Å²) in [6.45, 7) is 2.87. The molecule has 3 heterocycles. The van der Waals surface area contributed by atoms with Crippen LogP contribution in [0.1, 0.15) is 28.9 Å². The minimum absolute atomic E-state index is 0.221. The van der Waals surface area contributed by atoms with Gasteiger partial charge in [0.15, 0.2) is 0 Å². The summed E-state index contributed by atoms with van der Waals surface area (Å²) < 4.78 is 0. The van der Waals surface area contributed by atoms with Crippen LogP contribution in [0.4, 0.5) is 17.1 Å². The highest BCUT2D eigenvalue weighted by Gasteiger charge is 2.13. The normalized spacial score (nSPS) is 13.4. The van der Waals surface area contributed by atoms with Crippen LogP contribution in [0.5, 0.6) is 0 Å². The molecule has 0 bridgehead atoms. The minimum atomic E-state index is -0.221. The molecule has 0 unspecified atom stereocenters. The van der Waals surface area contributed by atoms with Gasteiger partial charge in [-0.05, 0) is 66.9 Å². The third-order valence-corrected chi connectivity index (χ3v) is 4.83. The Kier molecular flexibility index (Phi) is 5.47. The number of rotatable bonds is 6. The van der Waals surface area contributed by atoms with E-state index in [1.807, 2.05) is 30.3 Å². The van der Waals surface area contributed by atoms with Crippen molar-refractivity contribution < 1.29 is 4.79 Å². The third-order valence-electron chi connectivity index (χ3n) is 4.83. The Balaban J connectivity index is 1.37. The molecular formula is C22H23N5O. The lowest BCUT2D eigenvalue weighted by molar-refractivity contribution is 0.102. The molecule has 2 N–H and O–H groups in total. The number of carbonyl (C=O) groups is 1. The van der Waals surface area contributed by atoms with E-state index < -0.39 is 0 Å². The van der Waals surface area contributed by atoms with Crippen LogP contribution in [-0.4, -0.2) is 29.0 Å². The molecule has 1 fully saturated rings. The number of aromatic nitrogens is 2. The van der Waals surface area contributed by atoms with Crippen LogP contribution in [0.25, 0.3) is 0 Å². The van der Waals surface area contributed by atoms with Crippen molar-refractivity contribution in [3.63, 3.8) is 0 Å². The largest absolute Gasteiger partial charge is 0.381 e. The van der Waals surface area contributed by atoms with E-state index in [1.165, 1.54) is 18.5 Å². The second kappa shape index (κ2) is 8.52. The summed E-state index contributed by atoms with van der Waals surface area (Å²) in [4.78, 5) is 23.1. The Hall–Kier alpha value is -3.41. The molecule has 142 valence electrons. The van der Waals surface area contributed by atoms with Crippen molar-refractivity contribution >= 4 is 23.0 Å². The van der Waals surface area contributed by atoms with E-state index in [-0.39, 0.29) is 5.91 Å². The van der Waals surface area contributed by atoms with Gasteiger partial charge in [-0.25, -0.2) is 0 Å². The van der Waals surface area contributed by atoms with Crippen LogP contribution in [0.3, 0.4) is 0 Å². The van der Waals surface area contributed by atoms with Gasteiger partial charge in [-0.3, -0.25) is 14.8 Å². The highest BCUT2D eigenvalue weighted by Crippen LogP contribution is 2.22. The Morgan fingerprint density at radius 3 is 2.43 bits per heavy atom. The number of benzene rings is 1. The maximum atomic E-state index is 12.6. The summed E-state index contributed by atoms with van der Waals surface area (Å²) in [6.07, 6.45) is 7.65. The van der Waals surface area contributed by atoms with E-state index in [0.29, 0.717) is 12.2 Å². The molecule has 3 aromatic rings. The summed E-state index contributed by atoms with van der Waals surface area (Å²) in [5.74, 6) is -0.221. The first kappa shape index (κ1) is 18.0.